The Morgan fingerprint density at radius 3 is 2.39 bits per heavy atom. The Morgan fingerprint density at radius 2 is 1.78 bits per heavy atom. The highest BCUT2D eigenvalue weighted by atomic mass is 35.5. The van der Waals surface area contributed by atoms with Gasteiger partial charge in [0.2, 0.25) is 0 Å². The molecule has 0 radical (unpaired) electrons. The van der Waals surface area contributed by atoms with Crippen molar-refractivity contribution in [3.63, 3.8) is 0 Å². The summed E-state index contributed by atoms with van der Waals surface area (Å²) in [7, 11) is 0. The molecule has 0 aromatic heterocycles. The summed E-state index contributed by atoms with van der Waals surface area (Å²) in [5.74, 6) is 0. The summed E-state index contributed by atoms with van der Waals surface area (Å²) in [6, 6.07) is 16.3. The van der Waals surface area contributed by atoms with E-state index >= 15 is 0 Å². The number of thioether (sulfide) groups is 1. The summed E-state index contributed by atoms with van der Waals surface area (Å²) in [4.78, 5) is 1.19. The van der Waals surface area contributed by atoms with Crippen LogP contribution < -0.4 is 5.73 Å². The second-order valence-corrected chi connectivity index (χ2v) is 5.87. The molecule has 0 aliphatic carbocycles. The Hall–Kier alpha value is -0.960. The molecule has 0 heterocycles. The van der Waals surface area contributed by atoms with Crippen LogP contribution in [0.4, 0.5) is 0 Å². The van der Waals surface area contributed by atoms with E-state index in [1.807, 2.05) is 24.3 Å². The zero-order chi connectivity index (χ0) is 13.0. The third-order valence-corrected chi connectivity index (χ3v) is 4.37. The number of hydrogen-bond donors (Lipinski definition) is 1. The topological polar surface area (TPSA) is 26.0 Å². The van der Waals surface area contributed by atoms with Crippen molar-refractivity contribution in [2.24, 2.45) is 5.73 Å². The number of halogens is 1. The summed E-state index contributed by atoms with van der Waals surface area (Å²) >= 11 is 7.67. The lowest BCUT2D eigenvalue weighted by Gasteiger charge is -2.17. The second kappa shape index (κ2) is 6.28. The Bertz CT molecular complexity index is 510. The standard InChI is InChI=1S/C15H16ClNS/c1-11-4-2-3-5-14(11)15(10-17)18-13-8-6-12(16)7-9-13/h2-9,15H,10,17H2,1H3. The fourth-order valence-electron chi connectivity index (χ4n) is 1.86. The van der Waals surface area contributed by atoms with Crippen LogP contribution in [0.2, 0.25) is 5.02 Å². The first-order valence-corrected chi connectivity index (χ1v) is 7.14. The summed E-state index contributed by atoms with van der Waals surface area (Å²) in [6.45, 7) is 2.75. The molecule has 18 heavy (non-hydrogen) atoms. The van der Waals surface area contributed by atoms with Gasteiger partial charge in [-0.05, 0) is 42.3 Å². The molecule has 1 nitrogen and oxygen atoms in total. The number of rotatable bonds is 4. The third-order valence-electron chi connectivity index (χ3n) is 2.84. The molecular weight excluding hydrogens is 262 g/mol. The molecular formula is C15H16ClNS. The highest BCUT2D eigenvalue weighted by Crippen LogP contribution is 2.36. The maximum atomic E-state index is 5.90. The first-order valence-electron chi connectivity index (χ1n) is 5.88. The minimum atomic E-state index is 0.285. The molecule has 94 valence electrons. The van der Waals surface area contributed by atoms with Crippen LogP contribution in [-0.2, 0) is 0 Å². The van der Waals surface area contributed by atoms with Gasteiger partial charge >= 0.3 is 0 Å². The summed E-state index contributed by atoms with van der Waals surface area (Å²) < 4.78 is 0. The second-order valence-electron chi connectivity index (χ2n) is 4.15. The maximum absolute atomic E-state index is 5.90. The van der Waals surface area contributed by atoms with Crippen LogP contribution in [0.5, 0.6) is 0 Å². The zero-order valence-corrected chi connectivity index (χ0v) is 11.8. The first kappa shape index (κ1) is 13.5. The monoisotopic (exact) mass is 277 g/mol. The van der Waals surface area contributed by atoms with Crippen LogP contribution in [0.15, 0.2) is 53.4 Å². The van der Waals surface area contributed by atoms with Gasteiger partial charge in [-0.1, -0.05) is 35.9 Å². The quantitative estimate of drug-likeness (QED) is 0.836. The lowest BCUT2D eigenvalue weighted by molar-refractivity contribution is 0.931. The molecule has 1 atom stereocenters. The van der Waals surface area contributed by atoms with Gasteiger partial charge in [0.1, 0.15) is 0 Å². The van der Waals surface area contributed by atoms with Gasteiger partial charge in [0, 0.05) is 21.7 Å². The SMILES string of the molecule is Cc1ccccc1C(CN)Sc1ccc(Cl)cc1. The van der Waals surface area contributed by atoms with Crippen molar-refractivity contribution in [3.05, 3.63) is 64.7 Å². The van der Waals surface area contributed by atoms with E-state index in [9.17, 15) is 0 Å². The third kappa shape index (κ3) is 3.29. The predicted molar refractivity (Wildman–Crippen MR) is 80.3 cm³/mol. The number of benzene rings is 2. The lowest BCUT2D eigenvalue weighted by Crippen LogP contribution is -2.10. The molecule has 2 rings (SSSR count). The molecule has 2 aromatic carbocycles. The van der Waals surface area contributed by atoms with Crippen LogP contribution in [0, 0.1) is 6.92 Å². The summed E-state index contributed by atoms with van der Waals surface area (Å²) in [5.41, 5.74) is 8.50. The van der Waals surface area contributed by atoms with Crippen LogP contribution in [0.1, 0.15) is 16.4 Å². The Morgan fingerprint density at radius 1 is 1.11 bits per heavy atom. The van der Waals surface area contributed by atoms with E-state index in [-0.39, 0.29) is 5.25 Å². The number of nitrogens with two attached hydrogens (primary N) is 1. The molecule has 0 aliphatic heterocycles. The van der Waals surface area contributed by atoms with E-state index in [0.717, 1.165) is 5.02 Å². The van der Waals surface area contributed by atoms with E-state index in [2.05, 4.69) is 31.2 Å². The van der Waals surface area contributed by atoms with Gasteiger partial charge in [-0.2, -0.15) is 0 Å². The first-order chi connectivity index (χ1) is 8.70. The van der Waals surface area contributed by atoms with Crippen molar-refractivity contribution in [2.75, 3.05) is 6.54 Å². The van der Waals surface area contributed by atoms with Crippen molar-refractivity contribution < 1.29 is 0 Å². The Kier molecular flexibility index (Phi) is 4.70. The highest BCUT2D eigenvalue weighted by Gasteiger charge is 2.13. The van der Waals surface area contributed by atoms with Gasteiger partial charge in [0.25, 0.3) is 0 Å². The van der Waals surface area contributed by atoms with E-state index in [0.29, 0.717) is 6.54 Å². The van der Waals surface area contributed by atoms with Gasteiger partial charge in [0.05, 0.1) is 0 Å². The van der Waals surface area contributed by atoms with E-state index in [4.69, 9.17) is 17.3 Å². The van der Waals surface area contributed by atoms with Crippen molar-refractivity contribution in [1.82, 2.24) is 0 Å². The van der Waals surface area contributed by atoms with E-state index in [1.54, 1.807) is 11.8 Å². The smallest absolute Gasteiger partial charge is 0.0469 e. The lowest BCUT2D eigenvalue weighted by atomic mass is 10.1. The number of hydrogen-bond acceptors (Lipinski definition) is 2. The Labute approximate surface area is 117 Å². The van der Waals surface area contributed by atoms with Gasteiger partial charge in [0.15, 0.2) is 0 Å². The van der Waals surface area contributed by atoms with Crippen molar-refractivity contribution in [1.29, 1.82) is 0 Å². The summed E-state index contributed by atoms with van der Waals surface area (Å²) in [5, 5.41) is 1.05. The van der Waals surface area contributed by atoms with Gasteiger partial charge in [-0.15, -0.1) is 11.8 Å². The molecule has 0 fully saturated rings. The maximum Gasteiger partial charge on any atom is 0.0469 e. The average Bonchev–Trinajstić information content (AvgIpc) is 2.39. The predicted octanol–water partition coefficient (Wildman–Crippen LogP) is 4.44. The number of aryl methyl sites for hydroxylation is 1. The van der Waals surface area contributed by atoms with Crippen molar-refractivity contribution in [3.8, 4) is 0 Å². The molecule has 0 bridgehead atoms. The van der Waals surface area contributed by atoms with Crippen LogP contribution in [-0.4, -0.2) is 6.54 Å². The van der Waals surface area contributed by atoms with Gasteiger partial charge < -0.3 is 5.73 Å². The summed E-state index contributed by atoms with van der Waals surface area (Å²) in [6.07, 6.45) is 0. The van der Waals surface area contributed by atoms with Crippen LogP contribution >= 0.6 is 23.4 Å². The normalized spacial score (nSPS) is 12.4. The van der Waals surface area contributed by atoms with Crippen LogP contribution in [0.25, 0.3) is 0 Å². The molecule has 2 N–H and O–H groups in total. The van der Waals surface area contributed by atoms with E-state index < -0.39 is 0 Å². The van der Waals surface area contributed by atoms with Crippen LogP contribution in [0.3, 0.4) is 0 Å². The van der Waals surface area contributed by atoms with Crippen molar-refractivity contribution in [2.45, 2.75) is 17.1 Å². The Balaban J connectivity index is 2.20. The molecule has 0 saturated carbocycles. The van der Waals surface area contributed by atoms with Gasteiger partial charge in [-0.3, -0.25) is 0 Å². The minimum Gasteiger partial charge on any atom is -0.329 e. The molecule has 2 aromatic rings. The van der Waals surface area contributed by atoms with Crippen molar-refractivity contribution >= 4 is 23.4 Å². The van der Waals surface area contributed by atoms with E-state index in [1.165, 1.54) is 16.0 Å². The van der Waals surface area contributed by atoms with Gasteiger partial charge in [-0.25, -0.2) is 0 Å². The molecule has 0 spiro atoms. The average molecular weight is 278 g/mol. The molecule has 1 unspecified atom stereocenters. The highest BCUT2D eigenvalue weighted by molar-refractivity contribution is 7.99. The fraction of sp³-hybridized carbons (Fsp3) is 0.200. The minimum absolute atomic E-state index is 0.285. The fourth-order valence-corrected chi connectivity index (χ4v) is 3.10. The molecule has 0 aliphatic rings. The molecule has 3 heteroatoms. The largest absolute Gasteiger partial charge is 0.329 e. The molecule has 0 saturated heterocycles. The zero-order valence-electron chi connectivity index (χ0n) is 10.3. The molecule has 0 amide bonds.